The van der Waals surface area contributed by atoms with Gasteiger partial charge in [-0.25, -0.2) is 0 Å². The van der Waals surface area contributed by atoms with Crippen LogP contribution in [-0.4, -0.2) is 80.6 Å². The number of amides is 2. The van der Waals surface area contributed by atoms with Gasteiger partial charge in [-0.1, -0.05) is 0 Å². The molecule has 2 aliphatic heterocycles. The Kier molecular flexibility index (Phi) is 6.16. The SMILES string of the molecule is CCNC(=O)CN1CCN(C(=O)C2(CN)CCOCC2)CC1. The maximum Gasteiger partial charge on any atom is 0.234 e. The Labute approximate surface area is 132 Å². The zero-order chi connectivity index (χ0) is 16.0. The van der Waals surface area contributed by atoms with Crippen molar-refractivity contribution in [3.63, 3.8) is 0 Å². The zero-order valence-corrected chi connectivity index (χ0v) is 13.5. The minimum atomic E-state index is -0.444. The molecule has 0 atom stereocenters. The molecule has 0 aromatic heterocycles. The van der Waals surface area contributed by atoms with Crippen LogP contribution in [-0.2, 0) is 14.3 Å². The highest BCUT2D eigenvalue weighted by atomic mass is 16.5. The number of carbonyl (C=O) groups excluding carboxylic acids is 2. The standard InChI is InChI=1S/C15H28N4O3/c1-2-17-13(20)11-18-5-7-19(8-6-18)14(21)15(12-16)3-9-22-10-4-15/h2-12,16H2,1H3,(H,17,20). The molecule has 22 heavy (non-hydrogen) atoms. The van der Waals surface area contributed by atoms with Gasteiger partial charge in [-0.15, -0.1) is 0 Å². The molecule has 0 bridgehead atoms. The maximum absolute atomic E-state index is 12.8. The van der Waals surface area contributed by atoms with Crippen molar-refractivity contribution in [2.45, 2.75) is 19.8 Å². The third kappa shape index (κ3) is 3.97. The van der Waals surface area contributed by atoms with Crippen LogP contribution in [0.2, 0.25) is 0 Å². The van der Waals surface area contributed by atoms with Crippen molar-refractivity contribution in [3.05, 3.63) is 0 Å². The van der Waals surface area contributed by atoms with E-state index in [4.69, 9.17) is 10.5 Å². The molecular formula is C15H28N4O3. The molecule has 0 spiro atoms. The summed E-state index contributed by atoms with van der Waals surface area (Å²) in [7, 11) is 0. The van der Waals surface area contributed by atoms with E-state index in [9.17, 15) is 9.59 Å². The van der Waals surface area contributed by atoms with E-state index >= 15 is 0 Å². The molecule has 2 saturated heterocycles. The first-order valence-corrected chi connectivity index (χ1v) is 8.17. The molecular weight excluding hydrogens is 284 g/mol. The smallest absolute Gasteiger partial charge is 0.234 e. The van der Waals surface area contributed by atoms with Crippen LogP contribution in [0.5, 0.6) is 0 Å². The number of ether oxygens (including phenoxy) is 1. The van der Waals surface area contributed by atoms with Gasteiger partial charge < -0.3 is 20.7 Å². The lowest BCUT2D eigenvalue weighted by Gasteiger charge is -2.42. The van der Waals surface area contributed by atoms with Crippen LogP contribution in [0.1, 0.15) is 19.8 Å². The van der Waals surface area contributed by atoms with E-state index in [0.29, 0.717) is 58.8 Å². The largest absolute Gasteiger partial charge is 0.381 e. The molecule has 7 nitrogen and oxygen atoms in total. The predicted octanol–water partition coefficient (Wildman–Crippen LogP) is -0.978. The molecule has 2 heterocycles. The summed E-state index contributed by atoms with van der Waals surface area (Å²) < 4.78 is 5.37. The first-order chi connectivity index (χ1) is 10.6. The second kappa shape index (κ2) is 7.89. The molecule has 0 unspecified atom stereocenters. The minimum absolute atomic E-state index is 0.0464. The van der Waals surface area contributed by atoms with Crippen LogP contribution >= 0.6 is 0 Å². The molecule has 0 aromatic carbocycles. The van der Waals surface area contributed by atoms with E-state index < -0.39 is 5.41 Å². The zero-order valence-electron chi connectivity index (χ0n) is 13.5. The van der Waals surface area contributed by atoms with E-state index in [-0.39, 0.29) is 11.8 Å². The second-order valence-electron chi connectivity index (χ2n) is 6.12. The highest BCUT2D eigenvalue weighted by molar-refractivity contribution is 5.83. The fraction of sp³-hybridized carbons (Fsp3) is 0.867. The molecule has 3 N–H and O–H groups in total. The summed E-state index contributed by atoms with van der Waals surface area (Å²) >= 11 is 0. The van der Waals surface area contributed by atoms with Crippen LogP contribution < -0.4 is 11.1 Å². The number of rotatable bonds is 5. The molecule has 2 aliphatic rings. The normalized spacial score (nSPS) is 22.4. The van der Waals surface area contributed by atoms with Gasteiger partial charge in [-0.3, -0.25) is 14.5 Å². The summed E-state index contributed by atoms with van der Waals surface area (Å²) in [4.78, 5) is 28.4. The Bertz CT molecular complexity index is 388. The van der Waals surface area contributed by atoms with Crippen molar-refractivity contribution in [2.24, 2.45) is 11.1 Å². The number of hydrogen-bond donors (Lipinski definition) is 2. The Morgan fingerprint density at radius 2 is 1.82 bits per heavy atom. The first kappa shape index (κ1) is 17.2. The van der Waals surface area contributed by atoms with Gasteiger partial charge in [0, 0.05) is 52.5 Å². The highest BCUT2D eigenvalue weighted by Crippen LogP contribution is 2.32. The number of piperazine rings is 1. The van der Waals surface area contributed by atoms with E-state index in [1.54, 1.807) is 0 Å². The van der Waals surface area contributed by atoms with E-state index in [1.807, 2.05) is 11.8 Å². The Hall–Kier alpha value is -1.18. The predicted molar refractivity (Wildman–Crippen MR) is 83.2 cm³/mol. The maximum atomic E-state index is 12.8. The summed E-state index contributed by atoms with van der Waals surface area (Å²) in [5.74, 6) is 0.209. The van der Waals surface area contributed by atoms with Gasteiger partial charge >= 0.3 is 0 Å². The molecule has 2 fully saturated rings. The van der Waals surface area contributed by atoms with Crippen molar-refractivity contribution in [2.75, 3.05) is 59.0 Å². The lowest BCUT2D eigenvalue weighted by Crippen LogP contribution is -2.57. The van der Waals surface area contributed by atoms with Crippen molar-refractivity contribution in [1.29, 1.82) is 0 Å². The van der Waals surface area contributed by atoms with Crippen molar-refractivity contribution >= 4 is 11.8 Å². The van der Waals surface area contributed by atoms with Crippen LogP contribution in [0.3, 0.4) is 0 Å². The van der Waals surface area contributed by atoms with Crippen molar-refractivity contribution < 1.29 is 14.3 Å². The average molecular weight is 312 g/mol. The third-order valence-electron chi connectivity index (χ3n) is 4.69. The topological polar surface area (TPSA) is 87.9 Å². The molecule has 0 aliphatic carbocycles. The van der Waals surface area contributed by atoms with Gasteiger partial charge in [-0.05, 0) is 19.8 Å². The fourth-order valence-corrected chi connectivity index (χ4v) is 3.17. The summed E-state index contributed by atoms with van der Waals surface area (Å²) in [6, 6.07) is 0. The Balaban J connectivity index is 1.85. The lowest BCUT2D eigenvalue weighted by atomic mass is 9.78. The van der Waals surface area contributed by atoms with Crippen LogP contribution in [0.15, 0.2) is 0 Å². The Morgan fingerprint density at radius 1 is 1.18 bits per heavy atom. The summed E-state index contributed by atoms with van der Waals surface area (Å²) in [5, 5.41) is 2.80. The fourth-order valence-electron chi connectivity index (χ4n) is 3.17. The Morgan fingerprint density at radius 3 is 2.36 bits per heavy atom. The van der Waals surface area contributed by atoms with E-state index in [0.717, 1.165) is 13.1 Å². The molecule has 2 amide bonds. The summed E-state index contributed by atoms with van der Waals surface area (Å²) in [6.07, 6.45) is 1.42. The monoisotopic (exact) mass is 312 g/mol. The summed E-state index contributed by atoms with van der Waals surface area (Å²) in [6.45, 7) is 7.38. The number of hydrogen-bond acceptors (Lipinski definition) is 5. The van der Waals surface area contributed by atoms with Crippen molar-refractivity contribution in [3.8, 4) is 0 Å². The second-order valence-corrected chi connectivity index (χ2v) is 6.12. The quantitative estimate of drug-likeness (QED) is 0.681. The molecule has 0 radical (unpaired) electrons. The molecule has 126 valence electrons. The van der Waals surface area contributed by atoms with Crippen LogP contribution in [0, 0.1) is 5.41 Å². The molecule has 7 heteroatoms. The number of carbonyl (C=O) groups is 2. The molecule has 0 saturated carbocycles. The highest BCUT2D eigenvalue weighted by Gasteiger charge is 2.42. The number of nitrogens with one attached hydrogen (secondary N) is 1. The van der Waals surface area contributed by atoms with Gasteiger partial charge in [0.25, 0.3) is 0 Å². The van der Waals surface area contributed by atoms with Crippen molar-refractivity contribution in [1.82, 2.24) is 15.1 Å². The van der Waals surface area contributed by atoms with Gasteiger partial charge in [0.15, 0.2) is 0 Å². The first-order valence-electron chi connectivity index (χ1n) is 8.17. The van der Waals surface area contributed by atoms with Crippen LogP contribution in [0.25, 0.3) is 0 Å². The summed E-state index contributed by atoms with van der Waals surface area (Å²) in [5.41, 5.74) is 5.46. The van der Waals surface area contributed by atoms with Gasteiger partial charge in [-0.2, -0.15) is 0 Å². The number of nitrogens with zero attached hydrogens (tertiary/aromatic N) is 2. The van der Waals surface area contributed by atoms with Gasteiger partial charge in [0.05, 0.1) is 12.0 Å². The third-order valence-corrected chi connectivity index (χ3v) is 4.69. The lowest BCUT2D eigenvalue weighted by molar-refractivity contribution is -0.149. The van der Waals surface area contributed by atoms with E-state index in [2.05, 4.69) is 10.2 Å². The van der Waals surface area contributed by atoms with Crippen LogP contribution in [0.4, 0.5) is 0 Å². The molecule has 2 rings (SSSR count). The van der Waals surface area contributed by atoms with Gasteiger partial charge in [0.1, 0.15) is 0 Å². The molecule has 0 aromatic rings. The number of nitrogens with two attached hydrogens (primary N) is 1. The number of likely N-dealkylation sites (N-methyl/N-ethyl adjacent to an activating group) is 1. The van der Waals surface area contributed by atoms with Gasteiger partial charge in [0.2, 0.25) is 11.8 Å². The minimum Gasteiger partial charge on any atom is -0.381 e. The average Bonchev–Trinajstić information content (AvgIpc) is 2.56. The van der Waals surface area contributed by atoms with E-state index in [1.165, 1.54) is 0 Å².